The van der Waals surface area contributed by atoms with Crippen molar-refractivity contribution in [2.75, 3.05) is 7.11 Å². The number of ether oxygens (including phenoxy) is 1. The van der Waals surface area contributed by atoms with Crippen LogP contribution in [0.3, 0.4) is 0 Å². The Kier molecular flexibility index (Phi) is 5.49. The average molecular weight is 384 g/mol. The van der Waals surface area contributed by atoms with E-state index >= 15 is 0 Å². The first-order valence-electron chi connectivity index (χ1n) is 8.62. The SMILES string of the molecule is COC(=O)C(Cc1cc2ccccc2o1)NC(=O)Cn1ccc(=O)c(O)c1C. The summed E-state index contributed by atoms with van der Waals surface area (Å²) in [6.07, 6.45) is 1.53. The van der Waals surface area contributed by atoms with Crippen LogP contribution >= 0.6 is 0 Å². The molecule has 2 aromatic heterocycles. The van der Waals surface area contributed by atoms with E-state index in [-0.39, 0.29) is 18.7 Å². The summed E-state index contributed by atoms with van der Waals surface area (Å²) in [6.45, 7) is 1.35. The first-order valence-corrected chi connectivity index (χ1v) is 8.62. The number of hydrogen-bond donors (Lipinski definition) is 2. The van der Waals surface area contributed by atoms with Crippen molar-refractivity contribution in [3.63, 3.8) is 0 Å². The summed E-state index contributed by atoms with van der Waals surface area (Å²) in [5, 5.41) is 13.2. The molecule has 2 heterocycles. The molecule has 8 heteroatoms. The van der Waals surface area contributed by atoms with E-state index in [1.807, 2.05) is 24.3 Å². The first-order chi connectivity index (χ1) is 13.4. The van der Waals surface area contributed by atoms with Gasteiger partial charge in [-0.15, -0.1) is 0 Å². The first kappa shape index (κ1) is 19.2. The van der Waals surface area contributed by atoms with Gasteiger partial charge in [-0.1, -0.05) is 18.2 Å². The van der Waals surface area contributed by atoms with Gasteiger partial charge in [-0.05, 0) is 19.1 Å². The highest BCUT2D eigenvalue weighted by Crippen LogP contribution is 2.20. The van der Waals surface area contributed by atoms with E-state index in [1.165, 1.54) is 30.9 Å². The summed E-state index contributed by atoms with van der Waals surface area (Å²) in [5.41, 5.74) is 0.424. The highest BCUT2D eigenvalue weighted by atomic mass is 16.5. The molecule has 0 fully saturated rings. The second-order valence-corrected chi connectivity index (χ2v) is 6.34. The van der Waals surface area contributed by atoms with Crippen molar-refractivity contribution in [1.82, 2.24) is 9.88 Å². The number of rotatable bonds is 6. The molecule has 1 amide bonds. The van der Waals surface area contributed by atoms with Crippen molar-refractivity contribution in [2.45, 2.75) is 25.9 Å². The number of benzene rings is 1. The van der Waals surface area contributed by atoms with E-state index in [0.29, 0.717) is 11.3 Å². The van der Waals surface area contributed by atoms with Crippen LogP contribution in [-0.2, 0) is 27.3 Å². The van der Waals surface area contributed by atoms with E-state index in [0.717, 1.165) is 5.39 Å². The smallest absolute Gasteiger partial charge is 0.328 e. The summed E-state index contributed by atoms with van der Waals surface area (Å²) in [5.74, 6) is -0.956. The number of amides is 1. The third kappa shape index (κ3) is 4.06. The number of pyridine rings is 1. The molecule has 0 saturated heterocycles. The zero-order valence-electron chi connectivity index (χ0n) is 15.5. The molecule has 0 aliphatic carbocycles. The van der Waals surface area contributed by atoms with Gasteiger partial charge in [0.15, 0.2) is 5.75 Å². The van der Waals surface area contributed by atoms with E-state index in [9.17, 15) is 19.5 Å². The minimum atomic E-state index is -0.939. The topological polar surface area (TPSA) is 111 Å². The number of para-hydroxylation sites is 1. The zero-order chi connectivity index (χ0) is 20.3. The predicted octanol–water partition coefficient (Wildman–Crippen LogP) is 1.51. The third-order valence-electron chi connectivity index (χ3n) is 4.43. The quantitative estimate of drug-likeness (QED) is 0.623. The highest BCUT2D eigenvalue weighted by Gasteiger charge is 2.24. The molecule has 0 radical (unpaired) electrons. The highest BCUT2D eigenvalue weighted by molar-refractivity contribution is 5.85. The maximum absolute atomic E-state index is 12.4. The fourth-order valence-corrected chi connectivity index (χ4v) is 2.90. The van der Waals surface area contributed by atoms with Crippen LogP contribution in [0.25, 0.3) is 11.0 Å². The van der Waals surface area contributed by atoms with Crippen molar-refractivity contribution in [2.24, 2.45) is 0 Å². The lowest BCUT2D eigenvalue weighted by atomic mass is 10.1. The van der Waals surface area contributed by atoms with E-state index in [4.69, 9.17) is 9.15 Å². The molecule has 1 atom stereocenters. The van der Waals surface area contributed by atoms with Crippen molar-refractivity contribution in [3.8, 4) is 5.75 Å². The summed E-state index contributed by atoms with van der Waals surface area (Å²) in [6, 6.07) is 9.46. The molecule has 146 valence electrons. The number of carbonyl (C=O) groups excluding carboxylic acids is 2. The van der Waals surface area contributed by atoms with Crippen LogP contribution in [0.15, 0.2) is 51.8 Å². The van der Waals surface area contributed by atoms with Crippen molar-refractivity contribution < 1.29 is 23.8 Å². The standard InChI is InChI=1S/C20H20N2O6/c1-12-19(25)16(23)7-8-22(12)11-18(24)21-15(20(26)27-2)10-14-9-13-5-3-4-6-17(13)28-14/h3-9,15,25H,10-11H2,1-2H3,(H,21,24). The predicted molar refractivity (Wildman–Crippen MR) is 101 cm³/mol. The molecule has 2 N–H and O–H groups in total. The Morgan fingerprint density at radius 1 is 1.29 bits per heavy atom. The molecule has 3 rings (SSSR count). The summed E-state index contributed by atoms with van der Waals surface area (Å²) < 4.78 is 11.9. The zero-order valence-corrected chi connectivity index (χ0v) is 15.5. The summed E-state index contributed by atoms with van der Waals surface area (Å²) in [7, 11) is 1.24. The van der Waals surface area contributed by atoms with Gasteiger partial charge in [0.1, 0.15) is 23.9 Å². The van der Waals surface area contributed by atoms with Crippen LogP contribution in [0, 0.1) is 6.92 Å². The molecule has 1 aromatic carbocycles. The van der Waals surface area contributed by atoms with Crippen LogP contribution in [0.5, 0.6) is 5.75 Å². The fourth-order valence-electron chi connectivity index (χ4n) is 2.90. The maximum Gasteiger partial charge on any atom is 0.328 e. The van der Waals surface area contributed by atoms with Gasteiger partial charge in [-0.2, -0.15) is 0 Å². The molecular weight excluding hydrogens is 364 g/mol. The molecular formula is C20H20N2O6. The van der Waals surface area contributed by atoms with Gasteiger partial charge in [-0.25, -0.2) is 4.79 Å². The number of methoxy groups -OCH3 is 1. The Labute approximate surface area is 160 Å². The average Bonchev–Trinajstić information content (AvgIpc) is 3.09. The number of furan rings is 1. The normalized spacial score (nSPS) is 11.9. The Hall–Kier alpha value is -3.55. The number of nitrogens with zero attached hydrogens (tertiary/aromatic N) is 1. The van der Waals surface area contributed by atoms with Gasteiger partial charge in [-0.3, -0.25) is 9.59 Å². The summed E-state index contributed by atoms with van der Waals surface area (Å²) in [4.78, 5) is 36.0. The minimum absolute atomic E-state index is 0.126. The third-order valence-corrected chi connectivity index (χ3v) is 4.43. The second kappa shape index (κ2) is 7.99. The molecule has 28 heavy (non-hydrogen) atoms. The fraction of sp³-hybridized carbons (Fsp3) is 0.250. The van der Waals surface area contributed by atoms with Crippen molar-refractivity contribution in [1.29, 1.82) is 0 Å². The Balaban J connectivity index is 1.75. The van der Waals surface area contributed by atoms with Crippen molar-refractivity contribution in [3.05, 3.63) is 64.3 Å². The van der Waals surface area contributed by atoms with Gasteiger partial charge in [0.2, 0.25) is 11.3 Å². The maximum atomic E-state index is 12.4. The van der Waals surface area contributed by atoms with Crippen LogP contribution < -0.4 is 10.7 Å². The molecule has 8 nitrogen and oxygen atoms in total. The lowest BCUT2D eigenvalue weighted by molar-refractivity contribution is -0.145. The van der Waals surface area contributed by atoms with E-state index in [1.54, 1.807) is 6.07 Å². The summed E-state index contributed by atoms with van der Waals surface area (Å²) >= 11 is 0. The number of aromatic hydroxyl groups is 1. The lowest BCUT2D eigenvalue weighted by Gasteiger charge is -2.17. The molecule has 1 unspecified atom stereocenters. The number of nitrogens with one attached hydrogen (secondary N) is 1. The Bertz CT molecular complexity index is 1050. The van der Waals surface area contributed by atoms with Gasteiger partial charge in [0.25, 0.3) is 0 Å². The molecule has 0 bridgehead atoms. The molecule has 3 aromatic rings. The minimum Gasteiger partial charge on any atom is -0.503 e. The van der Waals surface area contributed by atoms with Gasteiger partial charge in [0, 0.05) is 24.1 Å². The number of aromatic nitrogens is 1. The van der Waals surface area contributed by atoms with E-state index < -0.39 is 29.1 Å². The number of fused-ring (bicyclic) bond motifs is 1. The Morgan fingerprint density at radius 3 is 2.75 bits per heavy atom. The van der Waals surface area contributed by atoms with E-state index in [2.05, 4.69) is 5.32 Å². The largest absolute Gasteiger partial charge is 0.503 e. The van der Waals surface area contributed by atoms with Crippen LogP contribution in [0.4, 0.5) is 0 Å². The number of hydrogen-bond acceptors (Lipinski definition) is 6. The van der Waals surface area contributed by atoms with Gasteiger partial charge < -0.3 is 24.1 Å². The molecule has 0 saturated carbocycles. The lowest BCUT2D eigenvalue weighted by Crippen LogP contribution is -2.44. The van der Waals surface area contributed by atoms with Crippen molar-refractivity contribution >= 4 is 22.8 Å². The van der Waals surface area contributed by atoms with Gasteiger partial charge in [0.05, 0.1) is 12.8 Å². The van der Waals surface area contributed by atoms with Crippen LogP contribution in [0.1, 0.15) is 11.5 Å². The monoisotopic (exact) mass is 384 g/mol. The molecule has 0 aliphatic rings. The van der Waals surface area contributed by atoms with Gasteiger partial charge >= 0.3 is 5.97 Å². The number of carbonyl (C=O) groups is 2. The van der Waals surface area contributed by atoms with Crippen LogP contribution in [0.2, 0.25) is 0 Å². The number of esters is 1. The molecule has 0 spiro atoms. The second-order valence-electron chi connectivity index (χ2n) is 6.34. The Morgan fingerprint density at radius 2 is 2.04 bits per heavy atom. The van der Waals surface area contributed by atoms with Crippen LogP contribution in [-0.4, -0.2) is 34.7 Å². The molecule has 0 aliphatic heterocycles.